The van der Waals surface area contributed by atoms with Crippen LogP contribution in [0.3, 0.4) is 0 Å². The van der Waals surface area contributed by atoms with E-state index in [1.165, 1.54) is 0 Å². The number of aromatic nitrogens is 2. The molecule has 1 aromatic rings. The van der Waals surface area contributed by atoms with Crippen molar-refractivity contribution in [3.63, 3.8) is 0 Å². The van der Waals surface area contributed by atoms with E-state index in [9.17, 15) is 0 Å². The minimum atomic E-state index is 0.0882. The molecular weight excluding hydrogens is 202 g/mol. The van der Waals surface area contributed by atoms with Crippen molar-refractivity contribution in [1.82, 2.24) is 14.9 Å². The van der Waals surface area contributed by atoms with Gasteiger partial charge in [0.1, 0.15) is 17.6 Å². The van der Waals surface area contributed by atoms with Gasteiger partial charge in [-0.1, -0.05) is 6.92 Å². The first-order valence-corrected chi connectivity index (χ1v) is 5.86. The lowest BCUT2D eigenvalue weighted by atomic mass is 10.1. The standard InChI is InChI=1S/C12H19N3O/c1-3-13-11(10-6-4-5-9-16-10)12-14-7-8-15(12)2/h6-8,11,13H,3-5,9H2,1-2H3. The van der Waals surface area contributed by atoms with Crippen LogP contribution in [0.15, 0.2) is 24.2 Å². The van der Waals surface area contributed by atoms with Gasteiger partial charge in [0.05, 0.1) is 6.61 Å². The Bertz CT molecular complexity index is 370. The minimum Gasteiger partial charge on any atom is -0.496 e. The fraction of sp³-hybridized carbons (Fsp3) is 0.583. The predicted octanol–water partition coefficient (Wildman–Crippen LogP) is 1.76. The summed E-state index contributed by atoms with van der Waals surface area (Å²) < 4.78 is 7.75. The molecule has 88 valence electrons. The highest BCUT2D eigenvalue weighted by Crippen LogP contribution is 2.24. The number of nitrogens with zero attached hydrogens (tertiary/aromatic N) is 2. The van der Waals surface area contributed by atoms with E-state index in [-0.39, 0.29) is 6.04 Å². The second-order valence-corrected chi connectivity index (χ2v) is 3.98. The van der Waals surface area contributed by atoms with Crippen LogP contribution in [-0.4, -0.2) is 22.7 Å². The predicted molar refractivity (Wildman–Crippen MR) is 62.9 cm³/mol. The Kier molecular flexibility index (Phi) is 3.62. The maximum Gasteiger partial charge on any atom is 0.133 e. The van der Waals surface area contributed by atoms with E-state index in [1.54, 1.807) is 0 Å². The van der Waals surface area contributed by atoms with Gasteiger partial charge in [-0.2, -0.15) is 0 Å². The quantitative estimate of drug-likeness (QED) is 0.842. The molecule has 4 nitrogen and oxygen atoms in total. The van der Waals surface area contributed by atoms with Crippen LogP contribution in [0.5, 0.6) is 0 Å². The summed E-state index contributed by atoms with van der Waals surface area (Å²) in [6.45, 7) is 3.82. The number of ether oxygens (including phenoxy) is 1. The van der Waals surface area contributed by atoms with E-state index in [0.717, 1.165) is 37.6 Å². The Morgan fingerprint density at radius 2 is 2.50 bits per heavy atom. The molecular formula is C12H19N3O. The summed E-state index contributed by atoms with van der Waals surface area (Å²) in [5.41, 5.74) is 0. The molecule has 0 spiro atoms. The average Bonchev–Trinajstić information content (AvgIpc) is 2.73. The van der Waals surface area contributed by atoms with Gasteiger partial charge in [0, 0.05) is 19.4 Å². The molecule has 1 aliphatic rings. The molecule has 4 heteroatoms. The topological polar surface area (TPSA) is 39.1 Å². The summed E-state index contributed by atoms with van der Waals surface area (Å²) in [6.07, 6.45) is 8.17. The van der Waals surface area contributed by atoms with Crippen LogP contribution >= 0.6 is 0 Å². The Morgan fingerprint density at radius 1 is 1.62 bits per heavy atom. The summed E-state index contributed by atoms with van der Waals surface area (Å²) in [6, 6.07) is 0.0882. The number of aryl methyl sites for hydroxylation is 1. The average molecular weight is 221 g/mol. The normalized spacial score (nSPS) is 17.8. The lowest BCUT2D eigenvalue weighted by Gasteiger charge is -2.24. The summed E-state index contributed by atoms with van der Waals surface area (Å²) in [5.74, 6) is 2.03. The lowest BCUT2D eigenvalue weighted by Crippen LogP contribution is -2.27. The van der Waals surface area contributed by atoms with Crippen molar-refractivity contribution in [2.75, 3.05) is 13.2 Å². The maximum absolute atomic E-state index is 5.72. The summed E-state index contributed by atoms with van der Waals surface area (Å²) in [7, 11) is 2.01. The van der Waals surface area contributed by atoms with Crippen LogP contribution in [0.4, 0.5) is 0 Å². The first-order valence-electron chi connectivity index (χ1n) is 5.86. The van der Waals surface area contributed by atoms with Crippen LogP contribution in [0, 0.1) is 0 Å². The molecule has 0 saturated heterocycles. The zero-order valence-electron chi connectivity index (χ0n) is 9.94. The van der Waals surface area contributed by atoms with E-state index >= 15 is 0 Å². The third kappa shape index (κ3) is 2.27. The summed E-state index contributed by atoms with van der Waals surface area (Å²) >= 11 is 0. The third-order valence-corrected chi connectivity index (χ3v) is 2.77. The molecule has 16 heavy (non-hydrogen) atoms. The van der Waals surface area contributed by atoms with Gasteiger partial charge in [-0.05, 0) is 25.5 Å². The van der Waals surface area contributed by atoms with Crippen molar-refractivity contribution in [2.45, 2.75) is 25.8 Å². The number of likely N-dealkylation sites (N-methyl/N-ethyl adjacent to an activating group) is 1. The highest BCUT2D eigenvalue weighted by atomic mass is 16.5. The third-order valence-electron chi connectivity index (χ3n) is 2.77. The Balaban J connectivity index is 2.23. The number of rotatable bonds is 4. The molecule has 0 amide bonds. The Hall–Kier alpha value is -1.29. The van der Waals surface area contributed by atoms with Gasteiger partial charge < -0.3 is 14.6 Å². The molecule has 1 N–H and O–H groups in total. The van der Waals surface area contributed by atoms with E-state index < -0.39 is 0 Å². The molecule has 2 heterocycles. The van der Waals surface area contributed by atoms with Crippen LogP contribution < -0.4 is 5.32 Å². The van der Waals surface area contributed by atoms with Crippen molar-refractivity contribution in [3.05, 3.63) is 30.1 Å². The monoisotopic (exact) mass is 221 g/mol. The van der Waals surface area contributed by atoms with Gasteiger partial charge in [0.2, 0.25) is 0 Å². The number of imidazole rings is 1. The van der Waals surface area contributed by atoms with E-state index in [0.29, 0.717) is 0 Å². The number of hydrogen-bond donors (Lipinski definition) is 1. The van der Waals surface area contributed by atoms with Crippen LogP contribution in [0.1, 0.15) is 31.6 Å². The zero-order chi connectivity index (χ0) is 11.4. The van der Waals surface area contributed by atoms with E-state index in [4.69, 9.17) is 4.74 Å². The SMILES string of the molecule is CCNC(C1=CCCCO1)c1nccn1C. The fourth-order valence-electron chi connectivity index (χ4n) is 1.96. The zero-order valence-corrected chi connectivity index (χ0v) is 9.94. The molecule has 1 unspecified atom stereocenters. The smallest absolute Gasteiger partial charge is 0.133 e. The molecule has 0 aliphatic carbocycles. The molecule has 1 aliphatic heterocycles. The molecule has 0 aromatic carbocycles. The molecule has 1 atom stereocenters. The maximum atomic E-state index is 5.72. The number of allylic oxidation sites excluding steroid dienone is 1. The van der Waals surface area contributed by atoms with Crippen LogP contribution in [0.25, 0.3) is 0 Å². The van der Waals surface area contributed by atoms with Gasteiger partial charge in [0.25, 0.3) is 0 Å². The van der Waals surface area contributed by atoms with Crippen LogP contribution in [0.2, 0.25) is 0 Å². The second kappa shape index (κ2) is 5.16. The van der Waals surface area contributed by atoms with Gasteiger partial charge in [-0.25, -0.2) is 4.98 Å². The molecule has 0 bridgehead atoms. The van der Waals surface area contributed by atoms with Gasteiger partial charge in [-0.15, -0.1) is 0 Å². The second-order valence-electron chi connectivity index (χ2n) is 3.98. The van der Waals surface area contributed by atoms with E-state index in [2.05, 4.69) is 23.3 Å². The number of hydrogen-bond acceptors (Lipinski definition) is 3. The van der Waals surface area contributed by atoms with Crippen molar-refractivity contribution >= 4 is 0 Å². The molecule has 1 aromatic heterocycles. The van der Waals surface area contributed by atoms with Crippen molar-refractivity contribution in [3.8, 4) is 0 Å². The summed E-state index contributed by atoms with van der Waals surface area (Å²) in [4.78, 5) is 4.39. The Morgan fingerprint density at radius 3 is 3.06 bits per heavy atom. The van der Waals surface area contributed by atoms with Crippen molar-refractivity contribution in [1.29, 1.82) is 0 Å². The first-order chi connectivity index (χ1) is 7.83. The molecule has 0 saturated carbocycles. The molecule has 0 radical (unpaired) electrons. The Labute approximate surface area is 96.3 Å². The highest BCUT2D eigenvalue weighted by molar-refractivity contribution is 5.15. The van der Waals surface area contributed by atoms with Gasteiger partial charge in [-0.3, -0.25) is 0 Å². The highest BCUT2D eigenvalue weighted by Gasteiger charge is 2.22. The minimum absolute atomic E-state index is 0.0882. The van der Waals surface area contributed by atoms with Crippen molar-refractivity contribution < 1.29 is 4.74 Å². The van der Waals surface area contributed by atoms with E-state index in [1.807, 2.05) is 24.0 Å². The largest absolute Gasteiger partial charge is 0.496 e. The number of nitrogens with one attached hydrogen (secondary N) is 1. The molecule has 0 fully saturated rings. The first kappa shape index (κ1) is 11.2. The van der Waals surface area contributed by atoms with Gasteiger partial charge >= 0.3 is 0 Å². The lowest BCUT2D eigenvalue weighted by molar-refractivity contribution is 0.165. The van der Waals surface area contributed by atoms with Crippen LogP contribution in [-0.2, 0) is 11.8 Å². The summed E-state index contributed by atoms with van der Waals surface area (Å²) in [5, 5.41) is 3.42. The van der Waals surface area contributed by atoms with Crippen molar-refractivity contribution in [2.24, 2.45) is 7.05 Å². The van der Waals surface area contributed by atoms with Gasteiger partial charge in [0.15, 0.2) is 0 Å². The fourth-order valence-corrected chi connectivity index (χ4v) is 1.96. The molecule has 2 rings (SSSR count).